The van der Waals surface area contributed by atoms with E-state index in [4.69, 9.17) is 58.5 Å². The van der Waals surface area contributed by atoms with Crippen LogP contribution in [-0.2, 0) is 10.2 Å². The molecule has 14 heteroatoms. The van der Waals surface area contributed by atoms with Gasteiger partial charge in [-0.1, -0.05) is 55.6 Å². The van der Waals surface area contributed by atoms with Gasteiger partial charge >= 0.3 is 11.7 Å². The van der Waals surface area contributed by atoms with Crippen molar-refractivity contribution in [2.75, 3.05) is 0 Å². The summed E-state index contributed by atoms with van der Waals surface area (Å²) >= 11 is 17.9. The van der Waals surface area contributed by atoms with Crippen molar-refractivity contribution in [2.45, 2.75) is 59.2 Å². The average molecular weight is 657 g/mol. The first-order valence-corrected chi connectivity index (χ1v) is 13.9. The van der Waals surface area contributed by atoms with Gasteiger partial charge < -0.3 is 23.7 Å². The summed E-state index contributed by atoms with van der Waals surface area (Å²) in [6.07, 6.45) is 0.240. The van der Waals surface area contributed by atoms with Gasteiger partial charge in [-0.3, -0.25) is 0 Å². The van der Waals surface area contributed by atoms with Crippen LogP contribution < -0.4 is 20.0 Å². The number of rotatable bonds is 8. The molecule has 10 nitrogen and oxygen atoms in total. The lowest BCUT2D eigenvalue weighted by molar-refractivity contribution is -0.144. The highest BCUT2D eigenvalue weighted by atomic mass is 35.5. The molecule has 43 heavy (non-hydrogen) atoms. The maximum atomic E-state index is 13.5. The molecule has 1 atom stereocenters. The van der Waals surface area contributed by atoms with Gasteiger partial charge in [0, 0.05) is 17.7 Å². The van der Waals surface area contributed by atoms with Crippen LogP contribution >= 0.6 is 34.8 Å². The van der Waals surface area contributed by atoms with Crippen molar-refractivity contribution in [3.05, 3.63) is 86.0 Å². The maximum absolute atomic E-state index is 13.5. The minimum atomic E-state index is -1.07. The van der Waals surface area contributed by atoms with Gasteiger partial charge in [0.25, 0.3) is 5.88 Å². The first-order chi connectivity index (χ1) is 20.0. The molecule has 0 aliphatic carbocycles. The fourth-order valence-corrected chi connectivity index (χ4v) is 3.84. The molecule has 4 aromatic rings. The van der Waals surface area contributed by atoms with E-state index in [-0.39, 0.29) is 27.4 Å². The summed E-state index contributed by atoms with van der Waals surface area (Å²) in [4.78, 5) is 26.5. The van der Waals surface area contributed by atoms with Gasteiger partial charge in [-0.15, -0.1) is 5.10 Å². The summed E-state index contributed by atoms with van der Waals surface area (Å²) in [5.74, 6) is -1.10. The molecule has 2 aromatic carbocycles. The van der Waals surface area contributed by atoms with E-state index < -0.39 is 23.6 Å². The van der Waals surface area contributed by atoms with E-state index >= 15 is 0 Å². The highest BCUT2D eigenvalue weighted by Gasteiger charge is 2.24. The highest BCUT2D eigenvalue weighted by molar-refractivity contribution is 6.36. The zero-order chi connectivity index (χ0) is 32.1. The smallest absolute Gasteiger partial charge is 0.442 e. The van der Waals surface area contributed by atoms with Crippen LogP contribution in [-0.4, -0.2) is 38.0 Å². The third-order valence-corrected chi connectivity index (χ3v) is 6.06. The Morgan fingerprint density at radius 2 is 1.63 bits per heavy atom. The van der Waals surface area contributed by atoms with E-state index in [0.717, 1.165) is 10.7 Å². The second-order valence-corrected chi connectivity index (χ2v) is 11.6. The standard InChI is InChI=1S/C15H18Cl2N2O3.C14H11ClFNO4/c1-8(2)21-12-7-11(9(16)6-10(12)17)19-14(20)22-13(18-19)15(3,4)5;1-8(14(18)19)20-10-2-4-11(5-3-10)21-13-12(16)6-9(15)7-17-13/h6-8H,1-5H3;2-8H,1H3,(H,18,19)/t;8-/m.1/s1. The number of carboxylic acids is 1. The van der Waals surface area contributed by atoms with E-state index in [9.17, 15) is 14.0 Å². The lowest BCUT2D eigenvalue weighted by atomic mass is 9.97. The zero-order valence-electron chi connectivity index (χ0n) is 24.0. The minimum Gasteiger partial charge on any atom is -0.489 e. The summed E-state index contributed by atoms with van der Waals surface area (Å²) in [7, 11) is 0. The number of hydrogen-bond donors (Lipinski definition) is 1. The third kappa shape index (κ3) is 9.34. The topological polar surface area (TPSA) is 126 Å². The first kappa shape index (κ1) is 33.7. The van der Waals surface area contributed by atoms with E-state index in [1.54, 1.807) is 6.07 Å². The third-order valence-electron chi connectivity index (χ3n) is 5.25. The van der Waals surface area contributed by atoms with Gasteiger partial charge in [0.15, 0.2) is 11.9 Å². The number of nitrogens with zero attached hydrogens (tertiary/aromatic N) is 3. The molecule has 0 unspecified atom stereocenters. The lowest BCUT2D eigenvalue weighted by Gasteiger charge is -2.13. The molecule has 0 saturated carbocycles. The SMILES string of the molecule is CC(C)Oc1cc(-n2nc(C(C)(C)C)oc2=O)c(Cl)cc1Cl.C[C@@H](Oc1ccc(Oc2ncc(Cl)cc2F)cc1)C(=O)O. The van der Waals surface area contributed by atoms with Crippen LogP contribution in [0.15, 0.2) is 57.9 Å². The largest absolute Gasteiger partial charge is 0.489 e. The van der Waals surface area contributed by atoms with Crippen molar-refractivity contribution in [2.24, 2.45) is 0 Å². The fraction of sp³-hybridized carbons (Fsp3) is 0.310. The van der Waals surface area contributed by atoms with Crippen molar-refractivity contribution in [3.8, 4) is 28.8 Å². The first-order valence-electron chi connectivity index (χ1n) is 12.8. The Kier molecular flexibility index (Phi) is 11.1. The Labute approximate surface area is 261 Å². The van der Waals surface area contributed by atoms with E-state index in [1.165, 1.54) is 43.5 Å². The fourth-order valence-electron chi connectivity index (χ4n) is 3.19. The molecule has 4 rings (SSSR count). The van der Waals surface area contributed by atoms with Crippen LogP contribution in [0.1, 0.15) is 47.4 Å². The predicted octanol–water partition coefficient (Wildman–Crippen LogP) is 7.74. The molecule has 0 spiro atoms. The van der Waals surface area contributed by atoms with Gasteiger partial charge in [-0.05, 0) is 57.2 Å². The molecular weight excluding hydrogens is 628 g/mol. The quantitative estimate of drug-likeness (QED) is 0.203. The van der Waals surface area contributed by atoms with Crippen LogP contribution in [0.3, 0.4) is 0 Å². The molecule has 0 amide bonds. The molecular formula is C29H29Cl3FN3O7. The predicted molar refractivity (Wildman–Crippen MR) is 160 cm³/mol. The molecule has 0 aliphatic rings. The Bertz CT molecular complexity index is 1630. The molecule has 0 saturated heterocycles. The number of aromatic nitrogens is 3. The number of carboxylic acid groups (broad SMARTS) is 1. The monoisotopic (exact) mass is 655 g/mol. The van der Waals surface area contributed by atoms with Crippen molar-refractivity contribution < 1.29 is 32.9 Å². The van der Waals surface area contributed by atoms with Gasteiger partial charge in [0.05, 0.1) is 26.9 Å². The van der Waals surface area contributed by atoms with Crippen LogP contribution in [0, 0.1) is 5.82 Å². The number of carbonyl (C=O) groups is 1. The summed E-state index contributed by atoms with van der Waals surface area (Å²) in [5, 5.41) is 13.8. The molecule has 0 fully saturated rings. The molecule has 0 radical (unpaired) electrons. The number of benzene rings is 2. The summed E-state index contributed by atoms with van der Waals surface area (Å²) in [5.41, 5.74) is -0.0217. The molecule has 2 aromatic heterocycles. The van der Waals surface area contributed by atoms with Crippen LogP contribution in [0.25, 0.3) is 5.69 Å². The Morgan fingerprint density at radius 1 is 1.00 bits per heavy atom. The summed E-state index contributed by atoms with van der Waals surface area (Å²) in [6.45, 7) is 10.9. The average Bonchev–Trinajstić information content (AvgIpc) is 3.30. The number of halogens is 4. The number of aliphatic carboxylic acids is 1. The number of ether oxygens (including phenoxy) is 3. The molecule has 2 heterocycles. The van der Waals surface area contributed by atoms with Crippen molar-refractivity contribution in [3.63, 3.8) is 0 Å². The van der Waals surface area contributed by atoms with Gasteiger partial charge in [-0.25, -0.2) is 19.0 Å². The van der Waals surface area contributed by atoms with Crippen LogP contribution in [0.5, 0.6) is 23.1 Å². The van der Waals surface area contributed by atoms with Crippen molar-refractivity contribution >= 4 is 40.8 Å². The van der Waals surface area contributed by atoms with E-state index in [1.807, 2.05) is 34.6 Å². The second-order valence-electron chi connectivity index (χ2n) is 10.3. The van der Waals surface area contributed by atoms with Crippen LogP contribution in [0.2, 0.25) is 15.1 Å². The maximum Gasteiger partial charge on any atom is 0.442 e. The lowest BCUT2D eigenvalue weighted by Crippen LogP contribution is -2.22. The Balaban J connectivity index is 0.000000236. The normalized spacial score (nSPS) is 11.9. The molecule has 0 aliphatic heterocycles. The number of pyridine rings is 1. The van der Waals surface area contributed by atoms with Crippen molar-refractivity contribution in [1.29, 1.82) is 0 Å². The molecule has 230 valence electrons. The summed E-state index contributed by atoms with van der Waals surface area (Å²) in [6, 6.07) is 10.3. The van der Waals surface area contributed by atoms with Crippen molar-refractivity contribution in [1.82, 2.24) is 14.8 Å². The van der Waals surface area contributed by atoms with Gasteiger partial charge in [0.1, 0.15) is 17.2 Å². The second kappa shape index (κ2) is 14.1. The van der Waals surface area contributed by atoms with E-state index in [2.05, 4.69) is 10.1 Å². The zero-order valence-corrected chi connectivity index (χ0v) is 26.3. The molecule has 0 bridgehead atoms. The van der Waals surface area contributed by atoms with E-state index in [0.29, 0.717) is 33.8 Å². The van der Waals surface area contributed by atoms with Gasteiger partial charge in [-0.2, -0.15) is 4.68 Å². The Morgan fingerprint density at radius 3 is 2.16 bits per heavy atom. The molecule has 1 N–H and O–H groups in total. The summed E-state index contributed by atoms with van der Waals surface area (Å²) < 4.78 is 35.9. The number of hydrogen-bond acceptors (Lipinski definition) is 8. The van der Waals surface area contributed by atoms with Gasteiger partial charge in [0.2, 0.25) is 5.89 Å². The minimum absolute atomic E-state index is 0.0642. The van der Waals surface area contributed by atoms with Crippen LogP contribution in [0.4, 0.5) is 4.39 Å². The highest BCUT2D eigenvalue weighted by Crippen LogP contribution is 2.33. The Hall–Kier alpha value is -3.80.